The van der Waals surface area contributed by atoms with E-state index in [1.165, 1.54) is 0 Å². The fourth-order valence-corrected chi connectivity index (χ4v) is 3.26. The van der Waals surface area contributed by atoms with Crippen LogP contribution in [0.15, 0.2) is 48.7 Å². The van der Waals surface area contributed by atoms with Crippen LogP contribution >= 0.6 is 0 Å². The molecule has 136 valence electrons. The average molecular weight is 355 g/mol. The summed E-state index contributed by atoms with van der Waals surface area (Å²) in [4.78, 5) is 16.2. The number of amides is 1. The Morgan fingerprint density at radius 2 is 2.08 bits per heavy atom. The molecule has 2 saturated heterocycles. The standard InChI is InChI=1S/C19H21N3O4/c23-19(26-17-12-25-18-15(17)8-10-24-18)22-21-11-13-4-6-14(7-5-13)16-3-1-2-9-20-16/h1-7,9,15,17-18,21H,8,10-12H2,(H,22,23)/t15-,17?,18+/m0/s1. The molecule has 7 heteroatoms. The summed E-state index contributed by atoms with van der Waals surface area (Å²) in [5.74, 6) is 0.139. The van der Waals surface area contributed by atoms with Gasteiger partial charge in [-0.2, -0.15) is 0 Å². The Hall–Kier alpha value is -2.48. The average Bonchev–Trinajstić information content (AvgIpc) is 3.28. The first-order valence-electron chi connectivity index (χ1n) is 8.72. The molecule has 0 aliphatic carbocycles. The number of nitrogens with one attached hydrogen (secondary N) is 2. The number of aromatic nitrogens is 1. The van der Waals surface area contributed by atoms with E-state index in [9.17, 15) is 4.79 Å². The largest absolute Gasteiger partial charge is 0.442 e. The molecule has 0 saturated carbocycles. The summed E-state index contributed by atoms with van der Waals surface area (Å²) in [5, 5.41) is 0. The van der Waals surface area contributed by atoms with Crippen molar-refractivity contribution in [1.82, 2.24) is 15.8 Å². The van der Waals surface area contributed by atoms with Crippen LogP contribution in [0.2, 0.25) is 0 Å². The quantitative estimate of drug-likeness (QED) is 0.801. The smallest absolute Gasteiger partial charge is 0.421 e. The van der Waals surface area contributed by atoms with E-state index in [2.05, 4.69) is 15.8 Å². The highest BCUT2D eigenvalue weighted by atomic mass is 16.7. The molecule has 7 nitrogen and oxygen atoms in total. The lowest BCUT2D eigenvalue weighted by atomic mass is 10.0. The van der Waals surface area contributed by atoms with Crippen molar-refractivity contribution >= 4 is 6.09 Å². The Labute approximate surface area is 151 Å². The minimum Gasteiger partial charge on any atom is -0.442 e. The number of hydrogen-bond acceptors (Lipinski definition) is 6. The topological polar surface area (TPSA) is 81.7 Å². The maximum Gasteiger partial charge on any atom is 0.421 e. The van der Waals surface area contributed by atoms with Gasteiger partial charge in [-0.15, -0.1) is 0 Å². The normalized spacial score (nSPS) is 24.2. The maximum absolute atomic E-state index is 11.9. The van der Waals surface area contributed by atoms with Crippen LogP contribution in [-0.4, -0.2) is 36.7 Å². The van der Waals surface area contributed by atoms with Gasteiger partial charge in [-0.3, -0.25) is 10.4 Å². The SMILES string of the molecule is O=C(NNCc1ccc(-c2ccccn2)cc1)OC1CO[C@H]2OCC[C@@H]12. The van der Waals surface area contributed by atoms with Gasteiger partial charge in [0.1, 0.15) is 6.10 Å². The summed E-state index contributed by atoms with van der Waals surface area (Å²) >= 11 is 0. The molecule has 26 heavy (non-hydrogen) atoms. The van der Waals surface area contributed by atoms with Crippen LogP contribution in [0.25, 0.3) is 11.3 Å². The highest BCUT2D eigenvalue weighted by Crippen LogP contribution is 2.32. The van der Waals surface area contributed by atoms with Gasteiger partial charge in [0.2, 0.25) is 0 Å². The van der Waals surface area contributed by atoms with Gasteiger partial charge in [0.05, 0.1) is 24.8 Å². The van der Waals surface area contributed by atoms with Gasteiger partial charge in [0.25, 0.3) is 0 Å². The maximum atomic E-state index is 11.9. The number of ether oxygens (including phenoxy) is 3. The minimum absolute atomic E-state index is 0.139. The third kappa shape index (κ3) is 3.85. The van der Waals surface area contributed by atoms with Crippen molar-refractivity contribution in [2.75, 3.05) is 13.2 Å². The summed E-state index contributed by atoms with van der Waals surface area (Å²) in [6.07, 6.45) is 1.66. The Morgan fingerprint density at radius 1 is 1.19 bits per heavy atom. The molecule has 0 spiro atoms. The summed E-state index contributed by atoms with van der Waals surface area (Å²) in [6.45, 7) is 1.54. The predicted molar refractivity (Wildman–Crippen MR) is 93.7 cm³/mol. The first-order valence-corrected chi connectivity index (χ1v) is 8.72. The molecular weight excluding hydrogens is 334 g/mol. The Kier molecular flexibility index (Phi) is 5.10. The van der Waals surface area contributed by atoms with Crippen molar-refractivity contribution in [3.05, 3.63) is 54.2 Å². The number of hydrogen-bond donors (Lipinski definition) is 2. The van der Waals surface area contributed by atoms with Crippen molar-refractivity contribution in [3.63, 3.8) is 0 Å². The van der Waals surface area contributed by atoms with Crippen molar-refractivity contribution in [2.45, 2.75) is 25.4 Å². The second-order valence-corrected chi connectivity index (χ2v) is 6.36. The lowest BCUT2D eigenvalue weighted by Gasteiger charge is -2.16. The first kappa shape index (κ1) is 17.0. The number of carbonyl (C=O) groups excluding carboxylic acids is 1. The summed E-state index contributed by atoms with van der Waals surface area (Å²) in [6, 6.07) is 13.8. The van der Waals surface area contributed by atoms with E-state index in [0.717, 1.165) is 23.2 Å². The van der Waals surface area contributed by atoms with Crippen molar-refractivity contribution in [3.8, 4) is 11.3 Å². The monoisotopic (exact) mass is 355 g/mol. The number of fused-ring (bicyclic) bond motifs is 1. The predicted octanol–water partition coefficient (Wildman–Crippen LogP) is 2.24. The van der Waals surface area contributed by atoms with Crippen molar-refractivity contribution < 1.29 is 19.0 Å². The zero-order valence-electron chi connectivity index (χ0n) is 14.3. The van der Waals surface area contributed by atoms with E-state index < -0.39 is 6.09 Å². The Balaban J connectivity index is 1.22. The number of pyridine rings is 1. The zero-order chi connectivity index (χ0) is 17.8. The molecule has 4 rings (SSSR count). The second kappa shape index (κ2) is 7.82. The van der Waals surface area contributed by atoms with Gasteiger partial charge in [-0.05, 0) is 24.1 Å². The van der Waals surface area contributed by atoms with Gasteiger partial charge in [0.15, 0.2) is 6.29 Å². The minimum atomic E-state index is -0.503. The highest BCUT2D eigenvalue weighted by Gasteiger charge is 2.43. The summed E-state index contributed by atoms with van der Waals surface area (Å²) in [5.41, 5.74) is 8.47. The van der Waals surface area contributed by atoms with Crippen molar-refractivity contribution in [2.24, 2.45) is 5.92 Å². The molecule has 3 atom stereocenters. The van der Waals surface area contributed by atoms with Crippen LogP contribution < -0.4 is 10.9 Å². The van der Waals surface area contributed by atoms with Crippen molar-refractivity contribution in [1.29, 1.82) is 0 Å². The van der Waals surface area contributed by atoms with Gasteiger partial charge < -0.3 is 14.2 Å². The highest BCUT2D eigenvalue weighted by molar-refractivity contribution is 5.66. The molecule has 2 fully saturated rings. The molecule has 2 N–H and O–H groups in total. The fraction of sp³-hybridized carbons (Fsp3) is 0.368. The Morgan fingerprint density at radius 3 is 2.88 bits per heavy atom. The Bertz CT molecular complexity index is 738. The molecule has 3 heterocycles. The van der Waals surface area contributed by atoms with Crippen LogP contribution in [-0.2, 0) is 20.8 Å². The van der Waals surface area contributed by atoms with Gasteiger partial charge in [0, 0.05) is 18.3 Å². The number of rotatable bonds is 5. The molecule has 2 aliphatic heterocycles. The lowest BCUT2D eigenvalue weighted by molar-refractivity contribution is -0.0907. The van der Waals surface area contributed by atoms with Gasteiger partial charge >= 0.3 is 6.09 Å². The van der Waals surface area contributed by atoms with Crippen LogP contribution in [0.5, 0.6) is 0 Å². The van der Waals surface area contributed by atoms with E-state index in [1.807, 2.05) is 42.5 Å². The lowest BCUT2D eigenvalue weighted by Crippen LogP contribution is -2.40. The number of nitrogens with zero attached hydrogens (tertiary/aromatic N) is 1. The number of hydrazine groups is 1. The van der Waals surface area contributed by atoms with E-state index in [-0.39, 0.29) is 18.3 Å². The van der Waals surface area contributed by atoms with Gasteiger partial charge in [-0.25, -0.2) is 10.2 Å². The van der Waals surface area contributed by atoms with Gasteiger partial charge in [-0.1, -0.05) is 30.3 Å². The van der Waals surface area contributed by atoms with Crippen LogP contribution in [0, 0.1) is 5.92 Å². The third-order valence-electron chi connectivity index (χ3n) is 4.64. The molecular formula is C19H21N3O4. The van der Waals surface area contributed by atoms with E-state index >= 15 is 0 Å². The van der Waals surface area contributed by atoms with Crippen LogP contribution in [0.3, 0.4) is 0 Å². The zero-order valence-corrected chi connectivity index (χ0v) is 14.3. The second-order valence-electron chi connectivity index (χ2n) is 6.36. The van der Waals surface area contributed by atoms with Crippen LogP contribution in [0.4, 0.5) is 4.79 Å². The molecule has 0 radical (unpaired) electrons. The van der Waals surface area contributed by atoms with E-state index in [0.29, 0.717) is 19.8 Å². The molecule has 1 unspecified atom stereocenters. The van der Waals surface area contributed by atoms with Crippen LogP contribution in [0.1, 0.15) is 12.0 Å². The third-order valence-corrected chi connectivity index (χ3v) is 4.64. The summed E-state index contributed by atoms with van der Waals surface area (Å²) < 4.78 is 16.3. The molecule has 2 aliphatic rings. The van der Waals surface area contributed by atoms with E-state index in [1.54, 1.807) is 6.20 Å². The number of benzene rings is 1. The van der Waals surface area contributed by atoms with E-state index in [4.69, 9.17) is 14.2 Å². The number of carbonyl (C=O) groups is 1. The molecule has 1 aromatic carbocycles. The first-order chi connectivity index (χ1) is 12.8. The molecule has 1 aromatic heterocycles. The molecule has 2 aromatic rings. The summed E-state index contributed by atoms with van der Waals surface area (Å²) in [7, 11) is 0. The molecule has 0 bridgehead atoms. The molecule has 1 amide bonds. The fourth-order valence-electron chi connectivity index (χ4n) is 3.26.